The number of benzene rings is 2. The summed E-state index contributed by atoms with van der Waals surface area (Å²) in [5, 5.41) is 6.27. The summed E-state index contributed by atoms with van der Waals surface area (Å²) in [7, 11) is 0. The Labute approximate surface area is 172 Å². The van der Waals surface area contributed by atoms with Crippen LogP contribution >= 0.6 is 12.4 Å². The van der Waals surface area contributed by atoms with Crippen LogP contribution in [-0.2, 0) is 16.0 Å². The van der Waals surface area contributed by atoms with Crippen molar-refractivity contribution in [1.82, 2.24) is 5.32 Å². The van der Waals surface area contributed by atoms with Crippen molar-refractivity contribution in [2.75, 3.05) is 23.3 Å². The molecule has 0 saturated carbocycles. The molecular weight excluding hydrogens is 374 g/mol. The maximum atomic E-state index is 12.6. The smallest absolute Gasteiger partial charge is 0.231 e. The number of hydrogen-bond donors (Lipinski definition) is 2. The Hall–Kier alpha value is -2.37. The minimum atomic E-state index is 0. The number of para-hydroxylation sites is 1. The zero-order valence-electron chi connectivity index (χ0n) is 16.2. The molecule has 5 nitrogen and oxygen atoms in total. The van der Waals surface area contributed by atoms with Gasteiger partial charge >= 0.3 is 0 Å². The SMILES string of the molecule is CCN(C(=O)Cc1ccc(NC(=O)CC2CCCN2)cc1)c1ccccc1.Cl. The highest BCUT2D eigenvalue weighted by Crippen LogP contribution is 2.17. The molecule has 1 atom stereocenters. The number of nitrogens with zero attached hydrogens (tertiary/aromatic N) is 1. The Morgan fingerprint density at radius 1 is 1.11 bits per heavy atom. The van der Waals surface area contributed by atoms with Crippen LogP contribution in [0.2, 0.25) is 0 Å². The molecule has 28 heavy (non-hydrogen) atoms. The van der Waals surface area contributed by atoms with E-state index in [0.717, 1.165) is 36.3 Å². The van der Waals surface area contributed by atoms with E-state index in [9.17, 15) is 9.59 Å². The number of carbonyl (C=O) groups is 2. The Kier molecular flexibility index (Phi) is 8.48. The highest BCUT2D eigenvalue weighted by Gasteiger charge is 2.18. The fourth-order valence-corrected chi connectivity index (χ4v) is 3.45. The van der Waals surface area contributed by atoms with Crippen LogP contribution in [-0.4, -0.2) is 30.9 Å². The van der Waals surface area contributed by atoms with Crippen molar-refractivity contribution >= 4 is 35.6 Å². The van der Waals surface area contributed by atoms with E-state index in [1.165, 1.54) is 0 Å². The lowest BCUT2D eigenvalue weighted by Crippen LogP contribution is -2.31. The van der Waals surface area contributed by atoms with Gasteiger partial charge in [-0.2, -0.15) is 0 Å². The third-order valence-electron chi connectivity index (χ3n) is 4.87. The molecule has 1 aliphatic heterocycles. The second-order valence-electron chi connectivity index (χ2n) is 6.89. The minimum absolute atomic E-state index is 0. The minimum Gasteiger partial charge on any atom is -0.326 e. The summed E-state index contributed by atoms with van der Waals surface area (Å²) in [6.07, 6.45) is 3.04. The first kappa shape index (κ1) is 21.9. The quantitative estimate of drug-likeness (QED) is 0.742. The fraction of sp³-hybridized carbons (Fsp3) is 0.364. The van der Waals surface area contributed by atoms with Gasteiger partial charge in [-0.15, -0.1) is 12.4 Å². The molecule has 1 saturated heterocycles. The molecule has 0 bridgehead atoms. The Bertz CT molecular complexity index is 759. The highest BCUT2D eigenvalue weighted by molar-refractivity contribution is 5.95. The van der Waals surface area contributed by atoms with Gasteiger partial charge in [-0.25, -0.2) is 0 Å². The molecule has 150 valence electrons. The number of amides is 2. The number of anilines is 2. The van der Waals surface area contributed by atoms with Gasteiger partial charge in [-0.1, -0.05) is 30.3 Å². The van der Waals surface area contributed by atoms with Crippen LogP contribution in [0.25, 0.3) is 0 Å². The van der Waals surface area contributed by atoms with Gasteiger partial charge in [0, 0.05) is 30.4 Å². The first-order valence-electron chi connectivity index (χ1n) is 9.63. The largest absolute Gasteiger partial charge is 0.326 e. The van der Waals surface area contributed by atoms with Crippen molar-refractivity contribution < 1.29 is 9.59 Å². The van der Waals surface area contributed by atoms with Crippen LogP contribution < -0.4 is 15.5 Å². The highest BCUT2D eigenvalue weighted by atomic mass is 35.5. The second kappa shape index (κ2) is 10.8. The molecular formula is C22H28ClN3O2. The van der Waals surface area contributed by atoms with Crippen molar-refractivity contribution in [3.63, 3.8) is 0 Å². The van der Waals surface area contributed by atoms with Gasteiger partial charge < -0.3 is 15.5 Å². The van der Waals surface area contributed by atoms with E-state index in [1.807, 2.05) is 61.5 Å². The molecule has 1 unspecified atom stereocenters. The molecule has 0 radical (unpaired) electrons. The number of hydrogen-bond acceptors (Lipinski definition) is 3. The summed E-state index contributed by atoms with van der Waals surface area (Å²) < 4.78 is 0. The molecule has 1 heterocycles. The standard InChI is InChI=1S/C22H27N3O2.ClH/c1-2-25(20-8-4-3-5-9-20)22(27)15-17-10-12-18(13-11-17)24-21(26)16-19-7-6-14-23-19;/h3-5,8-13,19,23H,2,6-7,14-16H2,1H3,(H,24,26);1H. The molecule has 6 heteroatoms. The molecule has 0 aromatic heterocycles. The lowest BCUT2D eigenvalue weighted by Gasteiger charge is -2.21. The average molecular weight is 402 g/mol. The van der Waals surface area contributed by atoms with E-state index in [1.54, 1.807) is 4.90 Å². The Morgan fingerprint density at radius 2 is 1.82 bits per heavy atom. The van der Waals surface area contributed by atoms with E-state index in [4.69, 9.17) is 0 Å². The Balaban J connectivity index is 0.00000280. The van der Waals surface area contributed by atoms with Crippen LogP contribution in [0, 0.1) is 0 Å². The van der Waals surface area contributed by atoms with E-state index < -0.39 is 0 Å². The molecule has 2 aromatic carbocycles. The summed E-state index contributed by atoms with van der Waals surface area (Å²) >= 11 is 0. The molecule has 0 spiro atoms. The summed E-state index contributed by atoms with van der Waals surface area (Å²) in [6.45, 7) is 3.60. The maximum Gasteiger partial charge on any atom is 0.231 e. The van der Waals surface area contributed by atoms with Gasteiger partial charge in [0.05, 0.1) is 6.42 Å². The molecule has 1 fully saturated rings. The number of likely N-dealkylation sites (N-methyl/N-ethyl adjacent to an activating group) is 1. The average Bonchev–Trinajstić information content (AvgIpc) is 3.18. The third-order valence-corrected chi connectivity index (χ3v) is 4.87. The van der Waals surface area contributed by atoms with E-state index >= 15 is 0 Å². The maximum absolute atomic E-state index is 12.6. The molecule has 2 N–H and O–H groups in total. The van der Waals surface area contributed by atoms with E-state index in [-0.39, 0.29) is 24.2 Å². The monoisotopic (exact) mass is 401 g/mol. The zero-order chi connectivity index (χ0) is 19.1. The van der Waals surface area contributed by atoms with Crippen LogP contribution in [0.4, 0.5) is 11.4 Å². The third kappa shape index (κ3) is 6.08. The topological polar surface area (TPSA) is 61.4 Å². The number of rotatable bonds is 7. The van der Waals surface area contributed by atoms with Crippen molar-refractivity contribution in [3.05, 3.63) is 60.2 Å². The summed E-state index contributed by atoms with van der Waals surface area (Å²) in [5.74, 6) is 0.0901. The van der Waals surface area contributed by atoms with Gasteiger partial charge in [0.1, 0.15) is 0 Å². The van der Waals surface area contributed by atoms with Gasteiger partial charge in [-0.05, 0) is 56.1 Å². The molecule has 3 rings (SSSR count). The normalized spacial score (nSPS) is 15.5. The van der Waals surface area contributed by atoms with Crippen LogP contribution in [0.1, 0.15) is 31.7 Å². The van der Waals surface area contributed by atoms with Crippen LogP contribution in [0.15, 0.2) is 54.6 Å². The summed E-state index contributed by atoms with van der Waals surface area (Å²) in [4.78, 5) is 26.5. The van der Waals surface area contributed by atoms with Gasteiger partial charge in [0.15, 0.2) is 0 Å². The Morgan fingerprint density at radius 3 is 2.43 bits per heavy atom. The fourth-order valence-electron chi connectivity index (χ4n) is 3.45. The van der Waals surface area contributed by atoms with Gasteiger partial charge in [-0.3, -0.25) is 9.59 Å². The number of halogens is 1. The molecule has 2 amide bonds. The molecule has 1 aliphatic rings. The first-order chi connectivity index (χ1) is 13.2. The number of nitrogens with one attached hydrogen (secondary N) is 2. The lowest BCUT2D eigenvalue weighted by atomic mass is 10.1. The van der Waals surface area contributed by atoms with Crippen LogP contribution in [0.5, 0.6) is 0 Å². The van der Waals surface area contributed by atoms with Crippen LogP contribution in [0.3, 0.4) is 0 Å². The van der Waals surface area contributed by atoms with E-state index in [2.05, 4.69) is 10.6 Å². The van der Waals surface area contributed by atoms with Crippen molar-refractivity contribution in [2.45, 2.75) is 38.6 Å². The second-order valence-corrected chi connectivity index (χ2v) is 6.89. The molecule has 2 aromatic rings. The zero-order valence-corrected chi connectivity index (χ0v) is 17.0. The first-order valence-corrected chi connectivity index (χ1v) is 9.63. The van der Waals surface area contributed by atoms with Gasteiger partial charge in [0.25, 0.3) is 0 Å². The van der Waals surface area contributed by atoms with Crippen molar-refractivity contribution in [2.24, 2.45) is 0 Å². The number of carbonyl (C=O) groups excluding carboxylic acids is 2. The predicted molar refractivity (Wildman–Crippen MR) is 116 cm³/mol. The predicted octanol–water partition coefficient (Wildman–Crippen LogP) is 3.78. The summed E-state index contributed by atoms with van der Waals surface area (Å²) in [5.41, 5.74) is 2.61. The molecule has 0 aliphatic carbocycles. The lowest BCUT2D eigenvalue weighted by molar-refractivity contribution is -0.118. The summed E-state index contributed by atoms with van der Waals surface area (Å²) in [6, 6.07) is 17.5. The van der Waals surface area contributed by atoms with E-state index in [0.29, 0.717) is 25.4 Å². The van der Waals surface area contributed by atoms with Crippen molar-refractivity contribution in [3.8, 4) is 0 Å². The van der Waals surface area contributed by atoms with Crippen molar-refractivity contribution in [1.29, 1.82) is 0 Å². The van der Waals surface area contributed by atoms with Gasteiger partial charge in [0.2, 0.25) is 11.8 Å².